The maximum Gasteiger partial charge on any atom is 0.222 e. The second-order valence-corrected chi connectivity index (χ2v) is 4.96. The van der Waals surface area contributed by atoms with Crippen molar-refractivity contribution in [3.8, 4) is 0 Å². The number of carbonyl (C=O) groups is 1. The van der Waals surface area contributed by atoms with Gasteiger partial charge in [0.1, 0.15) is 6.10 Å². The summed E-state index contributed by atoms with van der Waals surface area (Å²) < 4.78 is 10.9. The Hall–Kier alpha value is -1.43. The van der Waals surface area contributed by atoms with Crippen molar-refractivity contribution < 1.29 is 14.3 Å². The van der Waals surface area contributed by atoms with E-state index in [2.05, 4.69) is 5.32 Å². The number of hydrogen-bond donors (Lipinski definition) is 2. The van der Waals surface area contributed by atoms with Crippen LogP contribution >= 0.6 is 0 Å². The van der Waals surface area contributed by atoms with Crippen LogP contribution < -0.4 is 11.1 Å². The van der Waals surface area contributed by atoms with Crippen molar-refractivity contribution in [2.45, 2.75) is 31.1 Å². The van der Waals surface area contributed by atoms with Gasteiger partial charge in [-0.1, -0.05) is 30.3 Å². The lowest BCUT2D eigenvalue weighted by Gasteiger charge is -2.21. The molecule has 0 aromatic heterocycles. The molecule has 1 aromatic rings. The van der Waals surface area contributed by atoms with Gasteiger partial charge in [-0.25, -0.2) is 0 Å². The summed E-state index contributed by atoms with van der Waals surface area (Å²) in [6.45, 7) is 1.00. The second kappa shape index (κ2) is 7.38. The largest absolute Gasteiger partial charge is 0.380 e. The number of carbonyl (C=O) groups excluding carboxylic acids is 1. The van der Waals surface area contributed by atoms with Gasteiger partial charge in [-0.3, -0.25) is 4.79 Å². The van der Waals surface area contributed by atoms with Crippen LogP contribution in [0.1, 0.15) is 24.5 Å². The quantitative estimate of drug-likeness (QED) is 0.814. The highest BCUT2D eigenvalue weighted by Gasteiger charge is 2.31. The zero-order chi connectivity index (χ0) is 14.4. The summed E-state index contributed by atoms with van der Waals surface area (Å²) in [5, 5.41) is 3.03. The fraction of sp³-hybridized carbons (Fsp3) is 0.533. The Morgan fingerprint density at radius 1 is 1.50 bits per heavy atom. The molecule has 0 aliphatic carbocycles. The number of ether oxygens (including phenoxy) is 2. The summed E-state index contributed by atoms with van der Waals surface area (Å²) in [5.74, 6) is -0.0428. The molecule has 1 amide bonds. The van der Waals surface area contributed by atoms with Gasteiger partial charge in [-0.05, 0) is 12.0 Å². The molecule has 0 saturated carbocycles. The smallest absolute Gasteiger partial charge is 0.222 e. The molecular formula is C15H22N2O3. The van der Waals surface area contributed by atoms with E-state index in [1.165, 1.54) is 0 Å². The van der Waals surface area contributed by atoms with E-state index in [4.69, 9.17) is 15.2 Å². The Morgan fingerprint density at radius 2 is 2.25 bits per heavy atom. The Morgan fingerprint density at radius 3 is 2.90 bits per heavy atom. The molecule has 1 aliphatic rings. The number of methoxy groups -OCH3 is 1. The molecule has 0 spiro atoms. The third kappa shape index (κ3) is 3.79. The van der Waals surface area contributed by atoms with Crippen molar-refractivity contribution in [3.63, 3.8) is 0 Å². The van der Waals surface area contributed by atoms with Crippen LogP contribution in [-0.4, -0.2) is 38.3 Å². The van der Waals surface area contributed by atoms with E-state index >= 15 is 0 Å². The summed E-state index contributed by atoms with van der Waals surface area (Å²) in [4.78, 5) is 12.0. The Kier molecular flexibility index (Phi) is 5.52. The standard InChI is InChI=1S/C15H22N2O3/c1-19-12(10-16)9-14(18)17-13-7-8-20-15(13)11-5-3-2-4-6-11/h2-6,12-13,15H,7-10,16H2,1H3,(H,17,18). The van der Waals surface area contributed by atoms with Crippen LogP contribution in [0.15, 0.2) is 30.3 Å². The van der Waals surface area contributed by atoms with Crippen LogP contribution in [0.25, 0.3) is 0 Å². The van der Waals surface area contributed by atoms with E-state index in [1.807, 2.05) is 30.3 Å². The van der Waals surface area contributed by atoms with Crippen molar-refractivity contribution >= 4 is 5.91 Å². The average Bonchev–Trinajstić information content (AvgIpc) is 2.93. The SMILES string of the molecule is COC(CN)CC(=O)NC1CCOC1c1ccccc1. The maximum absolute atomic E-state index is 12.0. The average molecular weight is 278 g/mol. The molecule has 2 rings (SSSR count). The van der Waals surface area contributed by atoms with Gasteiger partial charge in [0.2, 0.25) is 5.91 Å². The molecule has 0 bridgehead atoms. The van der Waals surface area contributed by atoms with Crippen molar-refractivity contribution in [1.82, 2.24) is 5.32 Å². The van der Waals surface area contributed by atoms with Crippen molar-refractivity contribution in [2.75, 3.05) is 20.3 Å². The highest BCUT2D eigenvalue weighted by molar-refractivity contribution is 5.77. The Labute approximate surface area is 119 Å². The van der Waals surface area contributed by atoms with Gasteiger partial charge in [0.15, 0.2) is 0 Å². The van der Waals surface area contributed by atoms with Crippen molar-refractivity contribution in [3.05, 3.63) is 35.9 Å². The summed E-state index contributed by atoms with van der Waals surface area (Å²) in [7, 11) is 1.57. The fourth-order valence-corrected chi connectivity index (χ4v) is 2.44. The first-order valence-electron chi connectivity index (χ1n) is 6.93. The molecule has 1 heterocycles. The molecule has 1 aliphatic heterocycles. The van der Waals surface area contributed by atoms with E-state index in [0.717, 1.165) is 12.0 Å². The van der Waals surface area contributed by atoms with Crippen LogP contribution in [0, 0.1) is 0 Å². The molecule has 20 heavy (non-hydrogen) atoms. The summed E-state index contributed by atoms with van der Waals surface area (Å²) in [5.41, 5.74) is 6.62. The predicted octanol–water partition coefficient (Wildman–Crippen LogP) is 0.997. The molecular weight excluding hydrogens is 256 g/mol. The third-order valence-electron chi connectivity index (χ3n) is 3.58. The highest BCUT2D eigenvalue weighted by atomic mass is 16.5. The minimum Gasteiger partial charge on any atom is -0.380 e. The summed E-state index contributed by atoms with van der Waals surface area (Å²) in [6, 6.07) is 9.98. The van der Waals surface area contributed by atoms with E-state index in [9.17, 15) is 4.79 Å². The first-order chi connectivity index (χ1) is 9.74. The number of benzene rings is 1. The van der Waals surface area contributed by atoms with E-state index in [1.54, 1.807) is 7.11 Å². The topological polar surface area (TPSA) is 73.6 Å². The normalized spacial score (nSPS) is 23.5. The van der Waals surface area contributed by atoms with Gasteiger partial charge < -0.3 is 20.5 Å². The molecule has 1 saturated heterocycles. The summed E-state index contributed by atoms with van der Waals surface area (Å²) >= 11 is 0. The molecule has 110 valence electrons. The van der Waals surface area contributed by atoms with E-state index in [0.29, 0.717) is 13.2 Å². The van der Waals surface area contributed by atoms with E-state index in [-0.39, 0.29) is 30.6 Å². The fourth-order valence-electron chi connectivity index (χ4n) is 2.44. The number of hydrogen-bond acceptors (Lipinski definition) is 4. The van der Waals surface area contributed by atoms with Gasteiger partial charge in [-0.2, -0.15) is 0 Å². The first-order valence-corrected chi connectivity index (χ1v) is 6.93. The predicted molar refractivity (Wildman–Crippen MR) is 76.2 cm³/mol. The zero-order valence-electron chi connectivity index (χ0n) is 11.7. The molecule has 0 radical (unpaired) electrons. The number of nitrogens with one attached hydrogen (secondary N) is 1. The van der Waals surface area contributed by atoms with Crippen LogP contribution in [0.4, 0.5) is 0 Å². The lowest BCUT2D eigenvalue weighted by Crippen LogP contribution is -2.39. The minimum absolute atomic E-state index is 0.0141. The second-order valence-electron chi connectivity index (χ2n) is 4.96. The molecule has 1 aromatic carbocycles. The highest BCUT2D eigenvalue weighted by Crippen LogP contribution is 2.28. The molecule has 5 heteroatoms. The van der Waals surface area contributed by atoms with Crippen LogP contribution in [0.5, 0.6) is 0 Å². The Balaban J connectivity index is 1.93. The molecule has 1 fully saturated rings. The van der Waals surface area contributed by atoms with Gasteiger partial charge >= 0.3 is 0 Å². The number of nitrogens with two attached hydrogens (primary N) is 1. The van der Waals surface area contributed by atoms with Gasteiger partial charge in [0, 0.05) is 20.3 Å². The van der Waals surface area contributed by atoms with Gasteiger partial charge in [0.25, 0.3) is 0 Å². The molecule has 5 nitrogen and oxygen atoms in total. The third-order valence-corrected chi connectivity index (χ3v) is 3.58. The zero-order valence-corrected chi connectivity index (χ0v) is 11.7. The lowest BCUT2D eigenvalue weighted by atomic mass is 10.0. The molecule has 3 atom stereocenters. The number of rotatable bonds is 6. The first kappa shape index (κ1) is 15.0. The molecule has 3 unspecified atom stereocenters. The van der Waals surface area contributed by atoms with Crippen molar-refractivity contribution in [1.29, 1.82) is 0 Å². The number of amides is 1. The Bertz CT molecular complexity index is 420. The minimum atomic E-state index is -0.229. The van der Waals surface area contributed by atoms with Gasteiger partial charge in [-0.15, -0.1) is 0 Å². The van der Waals surface area contributed by atoms with Gasteiger partial charge in [0.05, 0.1) is 18.6 Å². The van der Waals surface area contributed by atoms with E-state index < -0.39 is 0 Å². The van der Waals surface area contributed by atoms with Crippen LogP contribution in [-0.2, 0) is 14.3 Å². The van der Waals surface area contributed by atoms with Crippen LogP contribution in [0.3, 0.4) is 0 Å². The van der Waals surface area contributed by atoms with Crippen molar-refractivity contribution in [2.24, 2.45) is 5.73 Å². The molecule has 3 N–H and O–H groups in total. The monoisotopic (exact) mass is 278 g/mol. The lowest BCUT2D eigenvalue weighted by molar-refractivity contribution is -0.124. The summed E-state index contributed by atoms with van der Waals surface area (Å²) in [6.07, 6.45) is 0.808. The maximum atomic E-state index is 12.0. The van der Waals surface area contributed by atoms with Crippen LogP contribution in [0.2, 0.25) is 0 Å².